The largest absolute Gasteiger partial charge is 0.481 e. The Balaban J connectivity index is 1.65. The molecule has 0 bridgehead atoms. The van der Waals surface area contributed by atoms with E-state index in [2.05, 4.69) is 41.5 Å². The zero-order valence-corrected chi connectivity index (χ0v) is 23.9. The van der Waals surface area contributed by atoms with Gasteiger partial charge in [0.05, 0.1) is 18.1 Å². The number of aliphatic hydroxyl groups excluding tert-OH is 2. The normalized spacial score (nSPS) is 44.2. The molecule has 36 heavy (non-hydrogen) atoms. The summed E-state index contributed by atoms with van der Waals surface area (Å²) in [6.45, 7) is 17.0. The molecule has 0 unspecified atom stereocenters. The fourth-order valence-corrected chi connectivity index (χ4v) is 9.77. The van der Waals surface area contributed by atoms with Crippen LogP contribution in [0.1, 0.15) is 107 Å². The van der Waals surface area contributed by atoms with Crippen LogP contribution in [0.25, 0.3) is 0 Å². The van der Waals surface area contributed by atoms with Gasteiger partial charge in [0.1, 0.15) is 5.78 Å². The standard InChI is InChI=1S/C31H50O5/c1-17(15-23(32)18(2)19(3)27(35)36)20-11-14-30(7)21-9-10-24-28(4,5)25(33)12-13-29(24,6)22(21)16-26(34)31(20,30)8/h17-20,24-26,33-34H,9-16H2,1-8H3,(H,35,36)/t17-,18-,19+,20-,24+,25-,26-,29-,30+,31+/m1/s1. The Morgan fingerprint density at radius 3 is 2.14 bits per heavy atom. The summed E-state index contributed by atoms with van der Waals surface area (Å²) in [6.07, 6.45) is 6.27. The van der Waals surface area contributed by atoms with Gasteiger partial charge in [-0.2, -0.15) is 0 Å². The predicted molar refractivity (Wildman–Crippen MR) is 141 cm³/mol. The van der Waals surface area contributed by atoms with Gasteiger partial charge in [0, 0.05) is 17.8 Å². The third kappa shape index (κ3) is 3.69. The molecule has 10 atom stereocenters. The number of rotatable bonds is 6. The lowest BCUT2D eigenvalue weighted by atomic mass is 9.42. The first-order valence-corrected chi connectivity index (χ1v) is 14.4. The topological polar surface area (TPSA) is 94.8 Å². The summed E-state index contributed by atoms with van der Waals surface area (Å²) in [7, 11) is 0. The lowest BCUT2D eigenvalue weighted by Gasteiger charge is -2.63. The van der Waals surface area contributed by atoms with Crippen molar-refractivity contribution >= 4 is 11.8 Å². The van der Waals surface area contributed by atoms with Gasteiger partial charge >= 0.3 is 5.97 Å². The van der Waals surface area contributed by atoms with Crippen molar-refractivity contribution in [1.82, 2.24) is 0 Å². The van der Waals surface area contributed by atoms with E-state index in [-0.39, 0.29) is 45.4 Å². The van der Waals surface area contributed by atoms with Crippen LogP contribution in [0.5, 0.6) is 0 Å². The summed E-state index contributed by atoms with van der Waals surface area (Å²) in [5.74, 6) is -1.35. The smallest absolute Gasteiger partial charge is 0.306 e. The Morgan fingerprint density at radius 2 is 1.53 bits per heavy atom. The van der Waals surface area contributed by atoms with Crippen LogP contribution in [0.2, 0.25) is 0 Å². The number of hydrogen-bond acceptors (Lipinski definition) is 4. The molecule has 5 heteroatoms. The van der Waals surface area contributed by atoms with E-state index in [0.29, 0.717) is 18.8 Å². The first kappa shape index (κ1) is 27.8. The third-order valence-corrected chi connectivity index (χ3v) is 12.7. The average molecular weight is 503 g/mol. The Kier molecular flexibility index (Phi) is 6.90. The van der Waals surface area contributed by atoms with Gasteiger partial charge in [-0.15, -0.1) is 0 Å². The quantitative estimate of drug-likeness (QED) is 0.386. The molecule has 0 heterocycles. The van der Waals surface area contributed by atoms with Crippen LogP contribution in [0.4, 0.5) is 0 Å². The van der Waals surface area contributed by atoms with Gasteiger partial charge in [-0.25, -0.2) is 0 Å². The van der Waals surface area contributed by atoms with Gasteiger partial charge in [-0.1, -0.05) is 66.5 Å². The number of carboxylic acid groups (broad SMARTS) is 1. The van der Waals surface area contributed by atoms with E-state index in [0.717, 1.165) is 38.5 Å². The van der Waals surface area contributed by atoms with Crippen molar-refractivity contribution in [3.63, 3.8) is 0 Å². The van der Waals surface area contributed by atoms with Crippen LogP contribution in [-0.4, -0.2) is 39.3 Å². The van der Waals surface area contributed by atoms with Gasteiger partial charge in [-0.3, -0.25) is 9.59 Å². The minimum atomic E-state index is -0.923. The molecule has 4 rings (SSSR count). The molecule has 0 spiro atoms. The summed E-state index contributed by atoms with van der Waals surface area (Å²) in [5, 5.41) is 32.1. The zero-order valence-electron chi connectivity index (χ0n) is 23.9. The third-order valence-electron chi connectivity index (χ3n) is 12.7. The van der Waals surface area contributed by atoms with E-state index < -0.39 is 23.9 Å². The second-order valence-electron chi connectivity index (χ2n) is 14.4. The predicted octanol–water partition coefficient (Wildman–Crippen LogP) is 6.02. The number of hydrogen-bond donors (Lipinski definition) is 3. The average Bonchev–Trinajstić information content (AvgIpc) is 3.09. The summed E-state index contributed by atoms with van der Waals surface area (Å²) in [6, 6.07) is 0. The van der Waals surface area contributed by atoms with Gasteiger partial charge < -0.3 is 15.3 Å². The Labute approximate surface area is 218 Å². The van der Waals surface area contributed by atoms with Crippen molar-refractivity contribution in [3.8, 4) is 0 Å². The molecule has 0 amide bonds. The summed E-state index contributed by atoms with van der Waals surface area (Å²) in [4.78, 5) is 24.5. The second-order valence-corrected chi connectivity index (χ2v) is 14.4. The molecule has 0 aromatic heterocycles. The number of allylic oxidation sites excluding steroid dienone is 1. The monoisotopic (exact) mass is 502 g/mol. The molecule has 3 N–H and O–H groups in total. The molecule has 0 aromatic rings. The van der Waals surface area contributed by atoms with E-state index in [9.17, 15) is 24.9 Å². The number of Topliss-reactive ketones (excluding diaryl/α,β-unsaturated/α-hetero) is 1. The highest BCUT2D eigenvalue weighted by molar-refractivity contribution is 5.85. The SMILES string of the molecule is C[C@H](CC(=O)[C@H](C)[C@H](C)C(=O)O)[C@H]1CC[C@@]2(C)C3=C(C[C@@H](O)[C@]12C)[C@@]1(C)CC[C@@H](O)C(C)(C)[C@@H]1CC3. The van der Waals surface area contributed by atoms with E-state index in [4.69, 9.17) is 0 Å². The Bertz CT molecular complexity index is 951. The molecule has 0 radical (unpaired) electrons. The second kappa shape index (κ2) is 8.93. The van der Waals surface area contributed by atoms with Gasteiger partial charge in [0.2, 0.25) is 0 Å². The van der Waals surface area contributed by atoms with E-state index >= 15 is 0 Å². The number of aliphatic hydroxyl groups is 2. The fraction of sp³-hybridized carbons (Fsp3) is 0.871. The first-order valence-electron chi connectivity index (χ1n) is 14.4. The summed E-state index contributed by atoms with van der Waals surface area (Å²) in [5.41, 5.74) is 2.52. The van der Waals surface area contributed by atoms with Crippen molar-refractivity contribution in [2.24, 2.45) is 51.2 Å². The van der Waals surface area contributed by atoms with Crippen molar-refractivity contribution in [3.05, 3.63) is 11.1 Å². The highest BCUT2D eigenvalue weighted by Crippen LogP contribution is 2.72. The van der Waals surface area contributed by atoms with Crippen LogP contribution >= 0.6 is 0 Å². The van der Waals surface area contributed by atoms with Gasteiger partial charge in [0.15, 0.2) is 0 Å². The summed E-state index contributed by atoms with van der Waals surface area (Å²) < 4.78 is 0. The lowest BCUT2D eigenvalue weighted by molar-refractivity contribution is -0.146. The van der Waals surface area contributed by atoms with Gasteiger partial charge in [-0.05, 0) is 78.9 Å². The first-order chi connectivity index (χ1) is 16.5. The maximum absolute atomic E-state index is 13.0. The number of fused-ring (bicyclic) bond motifs is 4. The Hall–Kier alpha value is -1.20. The van der Waals surface area contributed by atoms with Crippen LogP contribution in [0.3, 0.4) is 0 Å². The lowest BCUT2D eigenvalue weighted by Crippen LogP contribution is -2.58. The number of ketones is 1. The molecule has 0 aliphatic heterocycles. The van der Waals surface area contributed by atoms with Crippen molar-refractivity contribution < 1.29 is 24.9 Å². The highest BCUT2D eigenvalue weighted by Gasteiger charge is 2.66. The zero-order chi connectivity index (χ0) is 27.0. The summed E-state index contributed by atoms with van der Waals surface area (Å²) >= 11 is 0. The molecule has 5 nitrogen and oxygen atoms in total. The van der Waals surface area contributed by atoms with Crippen molar-refractivity contribution in [2.45, 2.75) is 119 Å². The number of carbonyl (C=O) groups excluding carboxylic acids is 1. The molecule has 4 aliphatic rings. The molecule has 4 aliphatic carbocycles. The van der Waals surface area contributed by atoms with Crippen LogP contribution in [-0.2, 0) is 9.59 Å². The maximum Gasteiger partial charge on any atom is 0.306 e. The van der Waals surface area contributed by atoms with Crippen molar-refractivity contribution in [2.75, 3.05) is 0 Å². The molecule has 204 valence electrons. The molecule has 2 fully saturated rings. The van der Waals surface area contributed by atoms with E-state index in [1.54, 1.807) is 19.4 Å². The van der Waals surface area contributed by atoms with Crippen molar-refractivity contribution in [1.29, 1.82) is 0 Å². The number of carboxylic acids is 1. The van der Waals surface area contributed by atoms with Crippen LogP contribution in [0, 0.1) is 51.2 Å². The van der Waals surface area contributed by atoms with Gasteiger partial charge in [0.25, 0.3) is 0 Å². The molecule has 0 saturated heterocycles. The highest BCUT2D eigenvalue weighted by atomic mass is 16.4. The molecular weight excluding hydrogens is 452 g/mol. The molecule has 2 saturated carbocycles. The van der Waals surface area contributed by atoms with E-state index in [1.165, 1.54) is 5.57 Å². The van der Waals surface area contributed by atoms with E-state index in [1.807, 2.05) is 0 Å². The van der Waals surface area contributed by atoms with Crippen LogP contribution in [0.15, 0.2) is 11.1 Å². The number of aliphatic carboxylic acids is 1. The molecular formula is C31H50O5. The minimum Gasteiger partial charge on any atom is -0.481 e. The van der Waals surface area contributed by atoms with Crippen LogP contribution < -0.4 is 0 Å². The minimum absolute atomic E-state index is 0.0176. The number of carbonyl (C=O) groups is 2. The Morgan fingerprint density at radius 1 is 0.889 bits per heavy atom. The fourth-order valence-electron chi connectivity index (χ4n) is 9.77. The maximum atomic E-state index is 13.0. The molecule has 0 aromatic carbocycles.